The number of carbonyl (C=O) groups excluding carboxylic acids is 1. The van der Waals surface area contributed by atoms with Crippen LogP contribution in [0.15, 0.2) is 42.5 Å². The maximum atomic E-state index is 13.2. The number of piperazine rings is 1. The minimum atomic E-state index is -0.921. The number of hydrogen-bond acceptors (Lipinski definition) is 6. The minimum absolute atomic E-state index is 0.119. The van der Waals surface area contributed by atoms with Crippen LogP contribution in [0.25, 0.3) is 0 Å². The lowest BCUT2D eigenvalue weighted by Crippen LogP contribution is -2.61. The molecule has 36 heavy (non-hydrogen) atoms. The second-order valence-electron chi connectivity index (χ2n) is 11.4. The minimum Gasteiger partial charge on any atom is -0.478 e. The lowest BCUT2D eigenvalue weighted by atomic mass is 9.52. The fourth-order valence-corrected chi connectivity index (χ4v) is 7.50. The number of aliphatic hydroxyl groups is 1. The van der Waals surface area contributed by atoms with Crippen LogP contribution in [-0.4, -0.2) is 64.4 Å². The Kier molecular flexibility index (Phi) is 5.67. The Morgan fingerprint density at radius 1 is 1.03 bits per heavy atom. The number of nitrogens with one attached hydrogen (secondary N) is 1. The third-order valence-corrected chi connectivity index (χ3v) is 8.91. The second-order valence-corrected chi connectivity index (χ2v) is 11.4. The van der Waals surface area contributed by atoms with Gasteiger partial charge in [-0.1, -0.05) is 6.07 Å². The number of aromatic carboxylic acids is 1. The lowest BCUT2D eigenvalue weighted by Gasteiger charge is -2.58. The van der Waals surface area contributed by atoms with E-state index in [4.69, 9.17) is 10.1 Å². The van der Waals surface area contributed by atoms with Gasteiger partial charge in [-0.15, -0.1) is 0 Å². The number of benzene rings is 1. The zero-order valence-corrected chi connectivity index (χ0v) is 20.6. The summed E-state index contributed by atoms with van der Waals surface area (Å²) in [6.45, 7) is 4.46. The number of hydrogen-bond donors (Lipinski definition) is 3. The second kappa shape index (κ2) is 8.76. The number of pyridine rings is 1. The first-order chi connectivity index (χ1) is 17.3. The largest absolute Gasteiger partial charge is 0.478 e. The van der Waals surface area contributed by atoms with Crippen molar-refractivity contribution in [2.45, 2.75) is 56.7 Å². The van der Waals surface area contributed by atoms with Gasteiger partial charge in [0.2, 0.25) is 0 Å². The molecule has 2 aromatic rings. The number of aromatic nitrogens is 1. The summed E-state index contributed by atoms with van der Waals surface area (Å²) in [4.78, 5) is 33.6. The van der Waals surface area contributed by atoms with Crippen molar-refractivity contribution in [2.75, 3.05) is 29.4 Å². The molecule has 2 heterocycles. The molecular weight excluding hydrogens is 456 g/mol. The molecule has 3 unspecified atom stereocenters. The topological polar surface area (TPSA) is 106 Å². The van der Waals surface area contributed by atoms with Crippen LogP contribution in [-0.2, 0) is 0 Å². The van der Waals surface area contributed by atoms with E-state index in [9.17, 15) is 14.7 Å². The van der Waals surface area contributed by atoms with Gasteiger partial charge in [0.15, 0.2) is 0 Å². The fraction of sp³-hybridized carbons (Fsp3) is 0.536. The van der Waals surface area contributed by atoms with Gasteiger partial charge in [-0.3, -0.25) is 4.79 Å². The number of nitrogens with zero attached hydrogens (tertiary/aromatic N) is 3. The molecule has 1 aromatic heterocycles. The molecule has 3 atom stereocenters. The summed E-state index contributed by atoms with van der Waals surface area (Å²) >= 11 is 0. The van der Waals surface area contributed by atoms with Crippen LogP contribution in [0.5, 0.6) is 0 Å². The number of carboxylic acid groups (broad SMARTS) is 1. The molecule has 1 aromatic carbocycles. The number of amides is 1. The molecular formula is C28H34N4O4. The number of carbonyl (C=O) groups is 2. The molecule has 7 rings (SSSR count). The fourth-order valence-electron chi connectivity index (χ4n) is 7.50. The van der Waals surface area contributed by atoms with Crippen molar-refractivity contribution in [3.8, 4) is 0 Å². The molecule has 4 saturated carbocycles. The van der Waals surface area contributed by atoms with Gasteiger partial charge in [0.1, 0.15) is 11.5 Å². The van der Waals surface area contributed by atoms with Gasteiger partial charge in [-0.05, 0) is 93.2 Å². The van der Waals surface area contributed by atoms with Gasteiger partial charge in [-0.25, -0.2) is 9.78 Å². The van der Waals surface area contributed by atoms with Crippen molar-refractivity contribution in [1.29, 1.82) is 0 Å². The van der Waals surface area contributed by atoms with Crippen LogP contribution in [0, 0.1) is 17.8 Å². The van der Waals surface area contributed by atoms with Crippen LogP contribution in [0.4, 0.5) is 11.5 Å². The molecule has 5 fully saturated rings. The Bertz CT molecular complexity index is 1150. The van der Waals surface area contributed by atoms with E-state index in [2.05, 4.69) is 22.0 Å². The molecule has 1 saturated heterocycles. The highest BCUT2D eigenvalue weighted by atomic mass is 16.4. The maximum absolute atomic E-state index is 13.2. The molecule has 1 amide bonds. The molecule has 0 spiro atoms. The van der Waals surface area contributed by atoms with Gasteiger partial charge >= 0.3 is 5.97 Å². The Morgan fingerprint density at radius 3 is 2.39 bits per heavy atom. The highest BCUT2D eigenvalue weighted by Crippen LogP contribution is 2.55. The SMILES string of the molecule is CC1CN(c2ccc(C(=O)O)cc2)CCN1c1cccc(C(=O)NC2C3CC4CC2CC(O)(C4)C3)n1. The Hall–Kier alpha value is -3.13. The average Bonchev–Trinajstić information content (AvgIpc) is 2.85. The van der Waals surface area contributed by atoms with Crippen molar-refractivity contribution in [2.24, 2.45) is 17.8 Å². The zero-order valence-electron chi connectivity index (χ0n) is 20.6. The Balaban J connectivity index is 1.11. The third kappa shape index (κ3) is 4.21. The van der Waals surface area contributed by atoms with Crippen LogP contribution in [0.2, 0.25) is 0 Å². The first-order valence-corrected chi connectivity index (χ1v) is 13.1. The first-order valence-electron chi connectivity index (χ1n) is 13.1. The quantitative estimate of drug-likeness (QED) is 0.591. The summed E-state index contributed by atoms with van der Waals surface area (Å²) in [7, 11) is 0. The van der Waals surface area contributed by atoms with Gasteiger partial charge in [0, 0.05) is 37.4 Å². The van der Waals surface area contributed by atoms with E-state index >= 15 is 0 Å². The number of rotatable bonds is 5. The Morgan fingerprint density at radius 2 is 1.75 bits per heavy atom. The van der Waals surface area contributed by atoms with Crippen molar-refractivity contribution < 1.29 is 19.8 Å². The van der Waals surface area contributed by atoms with E-state index in [1.165, 1.54) is 0 Å². The summed E-state index contributed by atoms with van der Waals surface area (Å²) in [5.74, 6) is 1.10. The van der Waals surface area contributed by atoms with Gasteiger partial charge in [0.05, 0.1) is 11.2 Å². The molecule has 0 radical (unpaired) electrons. The first kappa shape index (κ1) is 23.3. The van der Waals surface area contributed by atoms with Gasteiger partial charge in [0.25, 0.3) is 5.91 Å². The lowest BCUT2D eigenvalue weighted by molar-refractivity contribution is -0.136. The summed E-state index contributed by atoms with van der Waals surface area (Å²) < 4.78 is 0. The van der Waals surface area contributed by atoms with Crippen LogP contribution < -0.4 is 15.1 Å². The zero-order chi connectivity index (χ0) is 25.0. The predicted molar refractivity (Wildman–Crippen MR) is 136 cm³/mol. The van der Waals surface area contributed by atoms with Gasteiger partial charge < -0.3 is 25.3 Å². The smallest absolute Gasteiger partial charge is 0.335 e. The monoisotopic (exact) mass is 490 g/mol. The van der Waals surface area contributed by atoms with E-state index in [1.54, 1.807) is 18.2 Å². The summed E-state index contributed by atoms with van der Waals surface area (Å²) in [5.41, 5.74) is 1.23. The van der Waals surface area contributed by atoms with Gasteiger partial charge in [-0.2, -0.15) is 0 Å². The number of anilines is 2. The molecule has 1 aliphatic heterocycles. The van der Waals surface area contributed by atoms with Crippen LogP contribution in [0.1, 0.15) is 59.9 Å². The summed E-state index contributed by atoms with van der Waals surface area (Å²) in [6.07, 6.45) is 4.76. The molecule has 5 aliphatic rings. The van der Waals surface area contributed by atoms with Crippen molar-refractivity contribution in [1.82, 2.24) is 10.3 Å². The molecule has 4 bridgehead atoms. The van der Waals surface area contributed by atoms with E-state index < -0.39 is 11.6 Å². The molecule has 4 aliphatic carbocycles. The van der Waals surface area contributed by atoms with E-state index in [-0.39, 0.29) is 23.6 Å². The highest BCUT2D eigenvalue weighted by Gasteiger charge is 2.55. The Labute approximate surface area is 211 Å². The van der Waals surface area contributed by atoms with E-state index in [0.717, 1.165) is 63.2 Å². The standard InChI is InChI=1S/C28H34N4O4/c1-17-16-31(22-7-5-19(6-8-22)27(34)35)9-10-32(17)24-4-2-3-23(29-24)26(33)30-25-20-11-18-12-21(25)15-28(36,13-18)14-20/h2-8,17-18,20-21,25,36H,9-16H2,1H3,(H,30,33)(H,34,35). The van der Waals surface area contributed by atoms with Crippen molar-refractivity contribution in [3.63, 3.8) is 0 Å². The average molecular weight is 491 g/mol. The van der Waals surface area contributed by atoms with E-state index in [1.807, 2.05) is 24.3 Å². The van der Waals surface area contributed by atoms with Crippen molar-refractivity contribution in [3.05, 3.63) is 53.7 Å². The molecule has 190 valence electrons. The molecule has 8 nitrogen and oxygen atoms in total. The maximum Gasteiger partial charge on any atom is 0.335 e. The third-order valence-electron chi connectivity index (χ3n) is 8.91. The van der Waals surface area contributed by atoms with Crippen molar-refractivity contribution >= 4 is 23.4 Å². The number of carboxylic acids is 1. The summed E-state index contributed by atoms with van der Waals surface area (Å²) in [5, 5.41) is 23.3. The molecule has 3 N–H and O–H groups in total. The normalized spacial score (nSPS) is 33.0. The van der Waals surface area contributed by atoms with Crippen LogP contribution >= 0.6 is 0 Å². The predicted octanol–water partition coefficient (Wildman–Crippen LogP) is 3.16. The highest BCUT2D eigenvalue weighted by molar-refractivity contribution is 5.93. The summed E-state index contributed by atoms with van der Waals surface area (Å²) in [6, 6.07) is 13.0. The molecule has 8 heteroatoms. The van der Waals surface area contributed by atoms with E-state index in [0.29, 0.717) is 23.4 Å². The van der Waals surface area contributed by atoms with Crippen LogP contribution in [0.3, 0.4) is 0 Å².